The van der Waals surface area contributed by atoms with Crippen LogP contribution in [0.25, 0.3) is 0 Å². The van der Waals surface area contributed by atoms with Gasteiger partial charge in [-0.05, 0) is 60.9 Å². The van der Waals surface area contributed by atoms with E-state index in [4.69, 9.17) is 14.0 Å². The van der Waals surface area contributed by atoms with Crippen molar-refractivity contribution in [3.05, 3.63) is 11.5 Å². The molecule has 0 aromatic heterocycles. The molecule has 0 spiro atoms. The van der Waals surface area contributed by atoms with Crippen LogP contribution in [0, 0.1) is 0 Å². The topological polar surface area (TPSA) is 65.1 Å². The Balaban J connectivity index is 2.17. The van der Waals surface area contributed by atoms with Crippen molar-refractivity contribution >= 4 is 19.1 Å². The minimum Gasteiger partial charge on any atom is -0.443 e. The highest BCUT2D eigenvalue weighted by atomic mass is 16.7. The van der Waals surface area contributed by atoms with Crippen LogP contribution in [0.3, 0.4) is 0 Å². The number of nitrogens with zero attached hydrogens (tertiary/aromatic N) is 1. The maximum atomic E-state index is 12.3. The average molecular weight is 323 g/mol. The lowest BCUT2D eigenvalue weighted by molar-refractivity contribution is -0.125. The van der Waals surface area contributed by atoms with Gasteiger partial charge in [0.25, 0.3) is 5.91 Å². The summed E-state index contributed by atoms with van der Waals surface area (Å²) < 4.78 is 17.3. The number of hydrogen-bond acceptors (Lipinski definition) is 5. The Labute approximate surface area is 138 Å². The van der Waals surface area contributed by atoms with Crippen LogP contribution in [-0.4, -0.2) is 46.9 Å². The van der Waals surface area contributed by atoms with Gasteiger partial charge < -0.3 is 14.0 Å². The van der Waals surface area contributed by atoms with Gasteiger partial charge in [-0.25, -0.2) is 9.69 Å². The Bertz CT molecular complexity index is 545. The molecule has 0 aromatic carbocycles. The van der Waals surface area contributed by atoms with Gasteiger partial charge in [0.2, 0.25) is 0 Å². The zero-order valence-electron chi connectivity index (χ0n) is 15.2. The lowest BCUT2D eigenvalue weighted by atomic mass is 9.75. The van der Waals surface area contributed by atoms with Crippen molar-refractivity contribution in [2.45, 2.75) is 78.2 Å². The fourth-order valence-corrected chi connectivity index (χ4v) is 2.48. The second kappa shape index (κ2) is 5.35. The molecule has 1 saturated heterocycles. The Morgan fingerprint density at radius 3 is 2.13 bits per heavy atom. The summed E-state index contributed by atoms with van der Waals surface area (Å²) in [5.41, 5.74) is -1.02. The van der Waals surface area contributed by atoms with Gasteiger partial charge in [-0.3, -0.25) is 4.79 Å². The second-order valence-electron chi connectivity index (χ2n) is 8.10. The molecule has 2 amide bonds. The molecule has 128 valence electrons. The monoisotopic (exact) mass is 323 g/mol. The molecule has 0 N–H and O–H groups in total. The number of imide groups is 1. The summed E-state index contributed by atoms with van der Waals surface area (Å²) in [7, 11) is -0.647. The molecule has 0 radical (unpaired) electrons. The highest BCUT2D eigenvalue weighted by molar-refractivity contribution is 6.56. The molecule has 7 heteroatoms. The van der Waals surface area contributed by atoms with Crippen LogP contribution in [-0.2, 0) is 18.8 Å². The molecule has 1 atom stereocenters. The van der Waals surface area contributed by atoms with Gasteiger partial charge in [-0.15, -0.1) is 0 Å². The highest BCUT2D eigenvalue weighted by Gasteiger charge is 2.55. The van der Waals surface area contributed by atoms with Crippen molar-refractivity contribution < 1.29 is 23.6 Å². The van der Waals surface area contributed by atoms with Gasteiger partial charge in [0.1, 0.15) is 5.60 Å². The maximum Gasteiger partial charge on any atom is 0.492 e. The fourth-order valence-electron chi connectivity index (χ4n) is 2.48. The van der Waals surface area contributed by atoms with Gasteiger partial charge in [0.15, 0.2) is 0 Å². The van der Waals surface area contributed by atoms with E-state index >= 15 is 0 Å². The summed E-state index contributed by atoms with van der Waals surface area (Å²) in [4.78, 5) is 25.6. The lowest BCUT2D eigenvalue weighted by Gasteiger charge is -2.32. The van der Waals surface area contributed by atoms with Gasteiger partial charge >= 0.3 is 13.2 Å². The van der Waals surface area contributed by atoms with Crippen LogP contribution in [0.15, 0.2) is 11.5 Å². The number of amides is 2. The maximum absolute atomic E-state index is 12.3. The van der Waals surface area contributed by atoms with E-state index in [0.29, 0.717) is 5.47 Å². The first-order valence-corrected chi connectivity index (χ1v) is 7.88. The summed E-state index contributed by atoms with van der Waals surface area (Å²) in [5.74, 6) is -0.406. The van der Waals surface area contributed by atoms with Crippen molar-refractivity contribution in [2.24, 2.45) is 0 Å². The van der Waals surface area contributed by atoms with Crippen LogP contribution >= 0.6 is 0 Å². The zero-order chi connectivity index (χ0) is 17.8. The molecule has 0 bridgehead atoms. The first-order chi connectivity index (χ1) is 10.3. The Morgan fingerprint density at radius 1 is 1.22 bits per heavy atom. The number of hydrogen-bond donors (Lipinski definition) is 0. The molecule has 0 unspecified atom stereocenters. The molecular formula is C16H26BNO5. The van der Waals surface area contributed by atoms with Crippen molar-refractivity contribution in [2.75, 3.05) is 0 Å². The summed E-state index contributed by atoms with van der Waals surface area (Å²) in [6.07, 6.45) is 0.759. The van der Waals surface area contributed by atoms with Crippen molar-refractivity contribution in [3.63, 3.8) is 0 Å². The smallest absolute Gasteiger partial charge is 0.443 e. The molecule has 6 nitrogen and oxygen atoms in total. The summed E-state index contributed by atoms with van der Waals surface area (Å²) in [6.45, 7) is 14.8. The molecule has 1 fully saturated rings. The van der Waals surface area contributed by atoms with Gasteiger partial charge in [-0.1, -0.05) is 0 Å². The van der Waals surface area contributed by atoms with Crippen LogP contribution in [0.2, 0.25) is 0 Å². The molecule has 0 aliphatic carbocycles. The largest absolute Gasteiger partial charge is 0.492 e. The lowest BCUT2D eigenvalue weighted by Crippen LogP contribution is -2.44. The van der Waals surface area contributed by atoms with E-state index < -0.39 is 42.0 Å². The average Bonchev–Trinajstić information content (AvgIpc) is 2.71. The summed E-state index contributed by atoms with van der Waals surface area (Å²) >= 11 is 0. The Kier molecular flexibility index (Phi) is 4.19. The van der Waals surface area contributed by atoms with E-state index in [1.54, 1.807) is 27.7 Å². The van der Waals surface area contributed by atoms with Crippen molar-refractivity contribution in [1.82, 2.24) is 4.90 Å². The van der Waals surface area contributed by atoms with Crippen molar-refractivity contribution in [1.29, 1.82) is 0 Å². The van der Waals surface area contributed by atoms with Crippen molar-refractivity contribution in [3.8, 4) is 0 Å². The van der Waals surface area contributed by atoms with Crippen LogP contribution in [0.4, 0.5) is 4.79 Å². The molecule has 2 heterocycles. The summed E-state index contributed by atoms with van der Waals surface area (Å²) in [6, 6.07) is -0.466. The molecular weight excluding hydrogens is 297 g/mol. The van der Waals surface area contributed by atoms with E-state index in [0.717, 1.165) is 4.90 Å². The minimum atomic E-state index is -0.663. The molecule has 0 saturated carbocycles. The third-order valence-electron chi connectivity index (χ3n) is 4.51. The number of carbonyl (C=O) groups excluding carboxylic acids is 2. The highest BCUT2D eigenvalue weighted by Crippen LogP contribution is 2.40. The molecule has 2 aliphatic rings. The molecule has 0 aromatic rings. The molecule has 2 aliphatic heterocycles. The van der Waals surface area contributed by atoms with Crippen LogP contribution in [0.1, 0.15) is 55.4 Å². The predicted octanol–water partition coefficient (Wildman–Crippen LogP) is 2.71. The van der Waals surface area contributed by atoms with Gasteiger partial charge in [-0.2, -0.15) is 0 Å². The van der Waals surface area contributed by atoms with Crippen LogP contribution < -0.4 is 0 Å². The SMILES string of the molecule is C[C@@H]1C(B2OC(C)(C)C(C)(C)O2)=CC(=O)N1C(=O)OC(C)(C)C. The van der Waals surface area contributed by atoms with Gasteiger partial charge in [0.05, 0.1) is 17.2 Å². The fraction of sp³-hybridized carbons (Fsp3) is 0.750. The predicted molar refractivity (Wildman–Crippen MR) is 86.7 cm³/mol. The summed E-state index contributed by atoms with van der Waals surface area (Å²) in [5, 5.41) is 0. The standard InChI is InChI=1S/C16H26BNO5/c1-10-11(17-22-15(5,6)16(7,8)23-17)9-12(19)18(10)13(20)21-14(2,3)4/h9-10H,1-8H3/t10-/m1/s1. The first kappa shape index (κ1) is 18.0. The van der Waals surface area contributed by atoms with E-state index in [1.807, 2.05) is 27.7 Å². The van der Waals surface area contributed by atoms with E-state index in [9.17, 15) is 9.59 Å². The quantitative estimate of drug-likeness (QED) is 0.694. The zero-order valence-corrected chi connectivity index (χ0v) is 15.2. The second-order valence-corrected chi connectivity index (χ2v) is 8.10. The minimum absolute atomic E-state index is 0.406. The number of carbonyl (C=O) groups is 2. The van der Waals surface area contributed by atoms with Gasteiger partial charge in [0, 0.05) is 6.08 Å². The Hall–Kier alpha value is -1.34. The first-order valence-electron chi connectivity index (χ1n) is 7.88. The number of rotatable bonds is 1. The van der Waals surface area contributed by atoms with Crippen LogP contribution in [0.5, 0.6) is 0 Å². The van der Waals surface area contributed by atoms with E-state index in [1.165, 1.54) is 6.08 Å². The molecule has 23 heavy (non-hydrogen) atoms. The third kappa shape index (κ3) is 3.31. The molecule has 2 rings (SSSR count). The van der Waals surface area contributed by atoms with E-state index in [2.05, 4.69) is 0 Å². The Morgan fingerprint density at radius 2 is 1.70 bits per heavy atom. The van der Waals surface area contributed by atoms with E-state index in [-0.39, 0.29) is 0 Å². The number of ether oxygens (including phenoxy) is 1. The normalized spacial score (nSPS) is 26.5. The third-order valence-corrected chi connectivity index (χ3v) is 4.51.